The van der Waals surface area contributed by atoms with Gasteiger partial charge in [-0.25, -0.2) is 4.98 Å². The average molecular weight is 171 g/mol. The minimum absolute atomic E-state index is 0.139. The zero-order chi connectivity index (χ0) is 8.27. The normalized spacial score (nSPS) is 9.18. The van der Waals surface area contributed by atoms with E-state index in [0.29, 0.717) is 10.8 Å². The zero-order valence-corrected chi connectivity index (χ0v) is 6.39. The maximum absolute atomic E-state index is 6.88. The SMILES string of the molecule is N=C(N)Nc1ccc(Cl)cn1. The van der Waals surface area contributed by atoms with Crippen LogP contribution >= 0.6 is 11.6 Å². The molecule has 0 spiro atoms. The number of hydrogen-bond donors (Lipinski definition) is 3. The van der Waals surface area contributed by atoms with Gasteiger partial charge in [-0.1, -0.05) is 11.6 Å². The summed E-state index contributed by atoms with van der Waals surface area (Å²) in [4.78, 5) is 3.85. The third-order valence-electron chi connectivity index (χ3n) is 0.990. The molecule has 0 fully saturated rings. The Balaban J connectivity index is 2.74. The third kappa shape index (κ3) is 2.43. The minimum Gasteiger partial charge on any atom is -0.370 e. The van der Waals surface area contributed by atoms with Gasteiger partial charge in [-0.2, -0.15) is 0 Å². The summed E-state index contributed by atoms with van der Waals surface area (Å²) < 4.78 is 0. The third-order valence-corrected chi connectivity index (χ3v) is 1.21. The Bertz CT molecular complexity index is 256. The van der Waals surface area contributed by atoms with Crippen molar-refractivity contribution in [3.8, 4) is 0 Å². The van der Waals surface area contributed by atoms with Crippen LogP contribution in [-0.4, -0.2) is 10.9 Å². The molecule has 5 heteroatoms. The highest BCUT2D eigenvalue weighted by Gasteiger charge is 1.92. The fraction of sp³-hybridized carbons (Fsp3) is 0. The highest BCUT2D eigenvalue weighted by atomic mass is 35.5. The molecule has 0 saturated carbocycles. The summed E-state index contributed by atoms with van der Waals surface area (Å²) in [5.41, 5.74) is 5.06. The molecule has 0 radical (unpaired) electrons. The molecule has 0 bridgehead atoms. The van der Waals surface area contributed by atoms with Gasteiger partial charge >= 0.3 is 0 Å². The fourth-order valence-electron chi connectivity index (χ4n) is 0.588. The van der Waals surface area contributed by atoms with E-state index in [9.17, 15) is 0 Å². The van der Waals surface area contributed by atoms with Crippen LogP contribution in [0, 0.1) is 5.41 Å². The van der Waals surface area contributed by atoms with E-state index in [-0.39, 0.29) is 5.96 Å². The van der Waals surface area contributed by atoms with Gasteiger partial charge in [0.15, 0.2) is 5.96 Å². The number of nitrogens with zero attached hydrogens (tertiary/aromatic N) is 1. The first-order valence-corrected chi connectivity index (χ1v) is 3.29. The first-order valence-electron chi connectivity index (χ1n) is 2.91. The van der Waals surface area contributed by atoms with Crippen LogP contribution in [0.25, 0.3) is 0 Å². The number of nitrogens with one attached hydrogen (secondary N) is 2. The Morgan fingerprint density at radius 3 is 2.82 bits per heavy atom. The van der Waals surface area contributed by atoms with Gasteiger partial charge in [0.1, 0.15) is 5.82 Å². The maximum Gasteiger partial charge on any atom is 0.191 e. The molecule has 11 heavy (non-hydrogen) atoms. The van der Waals surface area contributed by atoms with Gasteiger partial charge < -0.3 is 11.1 Å². The van der Waals surface area contributed by atoms with E-state index in [4.69, 9.17) is 22.7 Å². The van der Waals surface area contributed by atoms with E-state index in [1.165, 1.54) is 6.20 Å². The lowest BCUT2D eigenvalue weighted by molar-refractivity contribution is 1.30. The Morgan fingerprint density at radius 1 is 1.64 bits per heavy atom. The van der Waals surface area contributed by atoms with Gasteiger partial charge in [0, 0.05) is 6.20 Å². The molecule has 0 unspecified atom stereocenters. The van der Waals surface area contributed by atoms with Gasteiger partial charge in [0.25, 0.3) is 0 Å². The standard InChI is InChI=1S/C6H7ClN4/c7-4-1-2-5(10-3-4)11-6(8)9/h1-3H,(H4,8,9,10,11). The summed E-state index contributed by atoms with van der Waals surface area (Å²) in [7, 11) is 0. The van der Waals surface area contributed by atoms with Crippen LogP contribution in [0.2, 0.25) is 5.02 Å². The van der Waals surface area contributed by atoms with Gasteiger partial charge in [-0.3, -0.25) is 5.41 Å². The van der Waals surface area contributed by atoms with Crippen molar-refractivity contribution >= 4 is 23.4 Å². The number of halogens is 1. The Labute approximate surface area is 68.9 Å². The van der Waals surface area contributed by atoms with Crippen molar-refractivity contribution in [3.63, 3.8) is 0 Å². The predicted molar refractivity (Wildman–Crippen MR) is 44.8 cm³/mol. The van der Waals surface area contributed by atoms with E-state index < -0.39 is 0 Å². The largest absolute Gasteiger partial charge is 0.370 e. The quantitative estimate of drug-likeness (QED) is 0.436. The predicted octanol–water partition coefficient (Wildman–Crippen LogP) is 1.04. The van der Waals surface area contributed by atoms with Gasteiger partial charge in [0.2, 0.25) is 0 Å². The summed E-state index contributed by atoms with van der Waals surface area (Å²) in [6, 6.07) is 3.31. The van der Waals surface area contributed by atoms with Crippen molar-refractivity contribution in [2.45, 2.75) is 0 Å². The fourth-order valence-corrected chi connectivity index (χ4v) is 0.700. The number of nitrogens with two attached hydrogens (primary N) is 1. The van der Waals surface area contributed by atoms with Crippen LogP contribution in [0.3, 0.4) is 0 Å². The Morgan fingerprint density at radius 2 is 2.36 bits per heavy atom. The number of guanidine groups is 1. The van der Waals surface area contributed by atoms with E-state index in [2.05, 4.69) is 10.3 Å². The average Bonchev–Trinajstić information content (AvgIpc) is 1.93. The number of pyridine rings is 1. The smallest absolute Gasteiger partial charge is 0.191 e. The lowest BCUT2D eigenvalue weighted by atomic mass is 10.4. The highest BCUT2D eigenvalue weighted by Crippen LogP contribution is 2.08. The van der Waals surface area contributed by atoms with Gasteiger partial charge in [-0.15, -0.1) is 0 Å². The topological polar surface area (TPSA) is 74.8 Å². The lowest BCUT2D eigenvalue weighted by Crippen LogP contribution is -2.20. The minimum atomic E-state index is -0.139. The Kier molecular flexibility index (Phi) is 2.28. The zero-order valence-electron chi connectivity index (χ0n) is 5.63. The molecule has 0 aromatic carbocycles. The molecule has 0 aliphatic rings. The summed E-state index contributed by atoms with van der Waals surface area (Å²) in [5.74, 6) is 0.377. The van der Waals surface area contributed by atoms with Crippen LogP contribution in [0.1, 0.15) is 0 Å². The van der Waals surface area contributed by atoms with E-state index >= 15 is 0 Å². The maximum atomic E-state index is 6.88. The molecule has 1 aromatic heterocycles. The first-order chi connectivity index (χ1) is 5.18. The second-order valence-electron chi connectivity index (χ2n) is 1.90. The second-order valence-corrected chi connectivity index (χ2v) is 2.34. The van der Waals surface area contributed by atoms with Crippen LogP contribution in [0.15, 0.2) is 18.3 Å². The molecular weight excluding hydrogens is 164 g/mol. The summed E-state index contributed by atoms with van der Waals surface area (Å²) in [6.07, 6.45) is 1.48. The van der Waals surface area contributed by atoms with E-state index in [0.717, 1.165) is 0 Å². The molecule has 0 aliphatic heterocycles. The summed E-state index contributed by atoms with van der Waals surface area (Å²) >= 11 is 5.57. The van der Waals surface area contributed by atoms with Crippen molar-refractivity contribution in [2.24, 2.45) is 5.73 Å². The van der Waals surface area contributed by atoms with Crippen molar-refractivity contribution in [1.29, 1.82) is 5.41 Å². The van der Waals surface area contributed by atoms with Crippen LogP contribution in [-0.2, 0) is 0 Å². The van der Waals surface area contributed by atoms with Crippen LogP contribution < -0.4 is 11.1 Å². The summed E-state index contributed by atoms with van der Waals surface area (Å²) in [6.45, 7) is 0. The van der Waals surface area contributed by atoms with Crippen molar-refractivity contribution in [1.82, 2.24) is 4.98 Å². The van der Waals surface area contributed by atoms with Crippen molar-refractivity contribution in [2.75, 3.05) is 5.32 Å². The molecule has 1 aromatic rings. The Hall–Kier alpha value is -1.29. The van der Waals surface area contributed by atoms with Crippen LogP contribution in [0.5, 0.6) is 0 Å². The number of aromatic nitrogens is 1. The van der Waals surface area contributed by atoms with Crippen LogP contribution in [0.4, 0.5) is 5.82 Å². The number of anilines is 1. The first kappa shape index (κ1) is 7.81. The lowest BCUT2D eigenvalue weighted by Gasteiger charge is -2.00. The molecular formula is C6H7ClN4. The number of hydrogen-bond acceptors (Lipinski definition) is 2. The van der Waals surface area contributed by atoms with Crippen molar-refractivity contribution < 1.29 is 0 Å². The molecule has 0 amide bonds. The van der Waals surface area contributed by atoms with Crippen molar-refractivity contribution in [3.05, 3.63) is 23.4 Å². The molecule has 0 aliphatic carbocycles. The monoisotopic (exact) mass is 170 g/mol. The molecule has 1 heterocycles. The summed E-state index contributed by atoms with van der Waals surface area (Å²) in [5, 5.41) is 9.96. The molecule has 1 rings (SSSR count). The van der Waals surface area contributed by atoms with Gasteiger partial charge in [0.05, 0.1) is 5.02 Å². The van der Waals surface area contributed by atoms with Gasteiger partial charge in [-0.05, 0) is 12.1 Å². The molecule has 0 atom stereocenters. The molecule has 4 N–H and O–H groups in total. The highest BCUT2D eigenvalue weighted by molar-refractivity contribution is 6.30. The molecule has 4 nitrogen and oxygen atoms in total. The molecule has 0 saturated heterocycles. The van der Waals surface area contributed by atoms with E-state index in [1.807, 2.05) is 0 Å². The second kappa shape index (κ2) is 3.21. The number of rotatable bonds is 1. The molecule has 58 valence electrons. The van der Waals surface area contributed by atoms with E-state index in [1.54, 1.807) is 12.1 Å².